The van der Waals surface area contributed by atoms with E-state index in [1.165, 1.54) is 11.3 Å². The van der Waals surface area contributed by atoms with Crippen LogP contribution in [0.3, 0.4) is 0 Å². The molecular weight excluding hydrogens is 344 g/mol. The average molecular weight is 370 g/mol. The van der Waals surface area contributed by atoms with Crippen molar-refractivity contribution in [3.63, 3.8) is 0 Å². The maximum absolute atomic E-state index is 11.8. The van der Waals surface area contributed by atoms with Gasteiger partial charge in [0.2, 0.25) is 0 Å². The Labute approximate surface area is 151 Å². The summed E-state index contributed by atoms with van der Waals surface area (Å²) in [6, 6.07) is -1.05. The first-order chi connectivity index (χ1) is 11.6. The van der Waals surface area contributed by atoms with E-state index in [-0.39, 0.29) is 6.42 Å². The van der Waals surface area contributed by atoms with Gasteiger partial charge in [0.25, 0.3) is 0 Å². The number of carbonyl (C=O) groups is 2. The van der Waals surface area contributed by atoms with E-state index in [4.69, 9.17) is 4.74 Å². The Morgan fingerprint density at radius 2 is 2.00 bits per heavy atom. The molecule has 0 saturated carbocycles. The Balaban J connectivity index is 1.96. The van der Waals surface area contributed by atoms with Crippen LogP contribution in [0.1, 0.15) is 25.6 Å². The predicted octanol–water partition coefficient (Wildman–Crippen LogP) is 1.42. The summed E-state index contributed by atoms with van der Waals surface area (Å²) in [7, 11) is 2.09. The molecule has 2 heterocycles. The molecule has 1 atom stereocenters. The number of carboxylic acids is 1. The largest absolute Gasteiger partial charge is 0.480 e. The van der Waals surface area contributed by atoms with Gasteiger partial charge in [-0.2, -0.15) is 0 Å². The standard InChI is InChI=1S/C16H26N4O4S/c1-16(2,3)24-15(23)18-12(13(21)22)9-11-10-17-14(25-11)20-7-5-19(4)6-8-20/h10,12H,5-9H2,1-4H3,(H,18,23)(H,21,22). The van der Waals surface area contributed by atoms with Gasteiger partial charge in [0, 0.05) is 43.7 Å². The molecule has 140 valence electrons. The Kier molecular flexibility index (Phi) is 6.23. The molecule has 0 aromatic carbocycles. The van der Waals surface area contributed by atoms with E-state index in [1.54, 1.807) is 27.0 Å². The SMILES string of the molecule is CN1CCN(c2ncc(CC(NC(=O)OC(C)(C)C)C(=O)O)s2)CC1. The second kappa shape index (κ2) is 8.01. The zero-order valence-corrected chi connectivity index (χ0v) is 15.9. The Bertz CT molecular complexity index is 606. The highest BCUT2D eigenvalue weighted by Gasteiger charge is 2.25. The molecule has 0 aliphatic carbocycles. The number of aliphatic carboxylic acids is 1. The molecule has 2 N–H and O–H groups in total. The van der Waals surface area contributed by atoms with Crippen LogP contribution in [0.5, 0.6) is 0 Å². The van der Waals surface area contributed by atoms with Gasteiger partial charge < -0.3 is 25.0 Å². The van der Waals surface area contributed by atoms with Crippen molar-refractivity contribution in [2.45, 2.75) is 38.8 Å². The molecule has 0 spiro atoms. The van der Waals surface area contributed by atoms with Crippen LogP contribution in [-0.4, -0.2) is 71.9 Å². The number of likely N-dealkylation sites (N-methyl/N-ethyl adjacent to an activating group) is 1. The molecule has 1 amide bonds. The van der Waals surface area contributed by atoms with Crippen molar-refractivity contribution < 1.29 is 19.4 Å². The van der Waals surface area contributed by atoms with Gasteiger partial charge in [-0.25, -0.2) is 14.6 Å². The normalized spacial score (nSPS) is 17.2. The van der Waals surface area contributed by atoms with Crippen LogP contribution in [0.25, 0.3) is 0 Å². The quantitative estimate of drug-likeness (QED) is 0.809. The molecule has 0 bridgehead atoms. The van der Waals surface area contributed by atoms with E-state index in [9.17, 15) is 14.7 Å². The molecule has 0 radical (unpaired) electrons. The number of aromatic nitrogens is 1. The van der Waals surface area contributed by atoms with Crippen LogP contribution >= 0.6 is 11.3 Å². The highest BCUT2D eigenvalue weighted by atomic mass is 32.1. The monoisotopic (exact) mass is 370 g/mol. The third-order valence-corrected chi connectivity index (χ3v) is 4.79. The van der Waals surface area contributed by atoms with Crippen LogP contribution in [0.15, 0.2) is 6.20 Å². The summed E-state index contributed by atoms with van der Waals surface area (Å²) in [5.74, 6) is -1.10. The van der Waals surface area contributed by atoms with Gasteiger partial charge in [-0.3, -0.25) is 0 Å². The lowest BCUT2D eigenvalue weighted by Gasteiger charge is -2.32. The van der Waals surface area contributed by atoms with E-state index in [2.05, 4.69) is 27.1 Å². The van der Waals surface area contributed by atoms with Gasteiger partial charge in [0.05, 0.1) is 0 Å². The molecule has 1 aliphatic heterocycles. The lowest BCUT2D eigenvalue weighted by atomic mass is 10.2. The van der Waals surface area contributed by atoms with Crippen molar-refractivity contribution in [3.8, 4) is 0 Å². The molecule has 1 unspecified atom stereocenters. The van der Waals surface area contributed by atoms with Crippen molar-refractivity contribution in [2.75, 3.05) is 38.1 Å². The second-order valence-corrected chi connectivity index (χ2v) is 8.23. The summed E-state index contributed by atoms with van der Waals surface area (Å²) in [6.07, 6.45) is 1.13. The molecule has 1 aromatic heterocycles. The van der Waals surface area contributed by atoms with Gasteiger partial charge in [-0.1, -0.05) is 0 Å². The highest BCUT2D eigenvalue weighted by molar-refractivity contribution is 7.15. The Morgan fingerprint density at radius 3 is 2.56 bits per heavy atom. The third kappa shape index (κ3) is 6.17. The van der Waals surface area contributed by atoms with Gasteiger partial charge >= 0.3 is 12.1 Å². The zero-order valence-electron chi connectivity index (χ0n) is 15.1. The zero-order chi connectivity index (χ0) is 18.6. The molecule has 1 saturated heterocycles. The molecule has 8 nitrogen and oxygen atoms in total. The van der Waals surface area contributed by atoms with Gasteiger partial charge in [0.15, 0.2) is 5.13 Å². The first-order valence-electron chi connectivity index (χ1n) is 8.24. The summed E-state index contributed by atoms with van der Waals surface area (Å²) in [4.78, 5) is 33.0. The van der Waals surface area contributed by atoms with E-state index in [0.717, 1.165) is 36.2 Å². The minimum Gasteiger partial charge on any atom is -0.480 e. The lowest BCUT2D eigenvalue weighted by Crippen LogP contribution is -2.44. The number of carbonyl (C=O) groups excluding carboxylic acids is 1. The van der Waals surface area contributed by atoms with E-state index < -0.39 is 23.7 Å². The molecule has 9 heteroatoms. The van der Waals surface area contributed by atoms with Crippen LogP contribution in [0.4, 0.5) is 9.93 Å². The maximum atomic E-state index is 11.8. The van der Waals surface area contributed by atoms with Crippen molar-refractivity contribution in [1.29, 1.82) is 0 Å². The summed E-state index contributed by atoms with van der Waals surface area (Å²) in [6.45, 7) is 8.96. The number of alkyl carbamates (subject to hydrolysis) is 1. The van der Waals surface area contributed by atoms with Crippen molar-refractivity contribution in [2.24, 2.45) is 0 Å². The number of rotatable bonds is 5. The number of anilines is 1. The minimum absolute atomic E-state index is 0.181. The fraction of sp³-hybridized carbons (Fsp3) is 0.688. The molecule has 25 heavy (non-hydrogen) atoms. The maximum Gasteiger partial charge on any atom is 0.408 e. The number of nitrogens with zero attached hydrogens (tertiary/aromatic N) is 3. The van der Waals surface area contributed by atoms with E-state index >= 15 is 0 Å². The Hall–Kier alpha value is -1.87. The van der Waals surface area contributed by atoms with Crippen LogP contribution in [0, 0.1) is 0 Å². The number of nitrogens with one attached hydrogen (secondary N) is 1. The Morgan fingerprint density at radius 1 is 1.36 bits per heavy atom. The van der Waals surface area contributed by atoms with Crippen molar-refractivity contribution >= 4 is 28.5 Å². The number of amides is 1. The summed E-state index contributed by atoms with van der Waals surface area (Å²) in [5.41, 5.74) is -0.674. The number of thiazole rings is 1. The predicted molar refractivity (Wildman–Crippen MR) is 96.3 cm³/mol. The first-order valence-corrected chi connectivity index (χ1v) is 9.06. The second-order valence-electron chi connectivity index (χ2n) is 7.14. The molecular formula is C16H26N4O4S. The number of piperazine rings is 1. The van der Waals surface area contributed by atoms with Crippen molar-refractivity contribution in [1.82, 2.24) is 15.2 Å². The third-order valence-electron chi connectivity index (χ3n) is 3.71. The van der Waals surface area contributed by atoms with Gasteiger partial charge in [0.1, 0.15) is 11.6 Å². The van der Waals surface area contributed by atoms with E-state index in [0.29, 0.717) is 0 Å². The van der Waals surface area contributed by atoms with Gasteiger partial charge in [-0.15, -0.1) is 11.3 Å². The fourth-order valence-electron chi connectivity index (χ4n) is 2.39. The fourth-order valence-corrected chi connectivity index (χ4v) is 3.39. The molecule has 1 aliphatic rings. The van der Waals surface area contributed by atoms with E-state index in [1.807, 2.05) is 0 Å². The molecule has 1 aromatic rings. The lowest BCUT2D eigenvalue weighted by molar-refractivity contribution is -0.139. The molecule has 1 fully saturated rings. The summed E-state index contributed by atoms with van der Waals surface area (Å²) >= 11 is 1.47. The van der Waals surface area contributed by atoms with Gasteiger partial charge in [-0.05, 0) is 27.8 Å². The van der Waals surface area contributed by atoms with Crippen molar-refractivity contribution in [3.05, 3.63) is 11.1 Å². The van der Waals surface area contributed by atoms with Crippen LogP contribution in [-0.2, 0) is 16.0 Å². The summed E-state index contributed by atoms with van der Waals surface area (Å²) in [5, 5.41) is 12.7. The topological polar surface area (TPSA) is 95.0 Å². The minimum atomic E-state index is -1.10. The number of carboxylic acid groups (broad SMARTS) is 1. The van der Waals surface area contributed by atoms with Crippen LogP contribution in [0.2, 0.25) is 0 Å². The number of ether oxygens (including phenoxy) is 1. The average Bonchev–Trinajstić information content (AvgIpc) is 2.94. The number of hydrogen-bond acceptors (Lipinski definition) is 7. The summed E-state index contributed by atoms with van der Waals surface area (Å²) < 4.78 is 5.13. The smallest absolute Gasteiger partial charge is 0.408 e. The molecule has 2 rings (SSSR count). The first kappa shape index (κ1) is 19.5. The number of hydrogen-bond donors (Lipinski definition) is 2. The highest BCUT2D eigenvalue weighted by Crippen LogP contribution is 2.24. The van der Waals surface area contributed by atoms with Crippen LogP contribution < -0.4 is 10.2 Å².